The molecule has 0 saturated carbocycles. The molecule has 2 aromatic carbocycles. The van der Waals surface area contributed by atoms with Gasteiger partial charge in [0.1, 0.15) is 0 Å². The third-order valence-corrected chi connectivity index (χ3v) is 3.72. The second-order valence-electron chi connectivity index (χ2n) is 5.02. The van der Waals surface area contributed by atoms with Crippen LogP contribution in [0.3, 0.4) is 0 Å². The van der Waals surface area contributed by atoms with E-state index in [1.807, 2.05) is 36.4 Å². The van der Waals surface area contributed by atoms with Gasteiger partial charge in [-0.1, -0.05) is 30.3 Å². The maximum Gasteiger partial charge on any atom is 0.270 e. The van der Waals surface area contributed by atoms with Crippen LogP contribution >= 0.6 is 0 Å². The predicted molar refractivity (Wildman–Crippen MR) is 80.0 cm³/mol. The Bertz CT molecular complexity index is 620. The molecule has 0 amide bonds. The van der Waals surface area contributed by atoms with Crippen LogP contribution in [-0.2, 0) is 0 Å². The van der Waals surface area contributed by atoms with E-state index in [9.17, 15) is 10.1 Å². The standard InChI is InChI=1S/C16H16N2O2/c19-18(20)14-8-9-16(17-10-4-5-11-17)15(12-14)13-6-2-1-3-7-13/h1-3,6-9,12H,4-5,10-11H2. The van der Waals surface area contributed by atoms with Gasteiger partial charge in [0.05, 0.1) is 4.92 Å². The molecule has 0 radical (unpaired) electrons. The van der Waals surface area contributed by atoms with Crippen molar-refractivity contribution in [1.29, 1.82) is 0 Å². The van der Waals surface area contributed by atoms with E-state index in [0.29, 0.717) is 0 Å². The monoisotopic (exact) mass is 268 g/mol. The fraction of sp³-hybridized carbons (Fsp3) is 0.250. The molecule has 1 heterocycles. The third kappa shape index (κ3) is 2.37. The summed E-state index contributed by atoms with van der Waals surface area (Å²) in [6, 6.07) is 15.0. The van der Waals surface area contributed by atoms with E-state index in [1.54, 1.807) is 12.1 Å². The molecule has 2 aromatic rings. The molecule has 4 nitrogen and oxygen atoms in total. The summed E-state index contributed by atoms with van der Waals surface area (Å²) < 4.78 is 0. The van der Waals surface area contributed by atoms with Crippen molar-refractivity contribution in [1.82, 2.24) is 0 Å². The summed E-state index contributed by atoms with van der Waals surface area (Å²) in [5.74, 6) is 0. The average Bonchev–Trinajstić information content (AvgIpc) is 3.01. The second kappa shape index (κ2) is 5.33. The SMILES string of the molecule is O=[N+]([O-])c1ccc(N2CCCC2)c(-c2ccccc2)c1. The Morgan fingerprint density at radius 3 is 2.35 bits per heavy atom. The van der Waals surface area contributed by atoms with Gasteiger partial charge in [0.2, 0.25) is 0 Å². The average molecular weight is 268 g/mol. The first kappa shape index (κ1) is 12.7. The zero-order chi connectivity index (χ0) is 13.9. The molecule has 0 unspecified atom stereocenters. The summed E-state index contributed by atoms with van der Waals surface area (Å²) in [5, 5.41) is 11.0. The van der Waals surface area contributed by atoms with Crippen molar-refractivity contribution < 1.29 is 4.92 Å². The molecule has 0 bridgehead atoms. The van der Waals surface area contributed by atoms with E-state index < -0.39 is 0 Å². The zero-order valence-electron chi connectivity index (χ0n) is 11.2. The van der Waals surface area contributed by atoms with Crippen LogP contribution in [0.25, 0.3) is 11.1 Å². The van der Waals surface area contributed by atoms with Gasteiger partial charge in [-0.2, -0.15) is 0 Å². The lowest BCUT2D eigenvalue weighted by atomic mass is 10.0. The van der Waals surface area contributed by atoms with Crippen molar-refractivity contribution >= 4 is 11.4 Å². The van der Waals surface area contributed by atoms with Crippen molar-refractivity contribution in [2.45, 2.75) is 12.8 Å². The smallest absolute Gasteiger partial charge is 0.270 e. The number of non-ortho nitro benzene ring substituents is 1. The minimum atomic E-state index is -0.333. The molecule has 1 saturated heterocycles. The van der Waals surface area contributed by atoms with Crippen LogP contribution in [0.15, 0.2) is 48.5 Å². The van der Waals surface area contributed by atoms with Crippen LogP contribution in [0.4, 0.5) is 11.4 Å². The zero-order valence-corrected chi connectivity index (χ0v) is 11.2. The summed E-state index contributed by atoms with van der Waals surface area (Å²) in [5.41, 5.74) is 3.21. The van der Waals surface area contributed by atoms with Gasteiger partial charge in [-0.25, -0.2) is 0 Å². The lowest BCUT2D eigenvalue weighted by Crippen LogP contribution is -2.18. The van der Waals surface area contributed by atoms with E-state index in [-0.39, 0.29) is 10.6 Å². The lowest BCUT2D eigenvalue weighted by Gasteiger charge is -2.21. The summed E-state index contributed by atoms with van der Waals surface area (Å²) in [6.45, 7) is 2.05. The van der Waals surface area contributed by atoms with Crippen molar-refractivity contribution in [2.75, 3.05) is 18.0 Å². The molecular weight excluding hydrogens is 252 g/mol. The summed E-state index contributed by atoms with van der Waals surface area (Å²) >= 11 is 0. The van der Waals surface area contributed by atoms with E-state index >= 15 is 0 Å². The summed E-state index contributed by atoms with van der Waals surface area (Å²) in [6.07, 6.45) is 2.37. The topological polar surface area (TPSA) is 46.4 Å². The Balaban J connectivity index is 2.11. The molecule has 102 valence electrons. The second-order valence-corrected chi connectivity index (χ2v) is 5.02. The van der Waals surface area contributed by atoms with Crippen molar-refractivity contribution in [2.24, 2.45) is 0 Å². The van der Waals surface area contributed by atoms with Crippen molar-refractivity contribution in [3.05, 3.63) is 58.6 Å². The first-order valence-electron chi connectivity index (χ1n) is 6.84. The van der Waals surface area contributed by atoms with Gasteiger partial charge < -0.3 is 4.90 Å². The normalized spacial score (nSPS) is 14.5. The highest BCUT2D eigenvalue weighted by Crippen LogP contribution is 2.35. The molecule has 4 heteroatoms. The number of hydrogen-bond acceptors (Lipinski definition) is 3. The molecule has 1 aliphatic heterocycles. The molecule has 0 N–H and O–H groups in total. The quantitative estimate of drug-likeness (QED) is 0.627. The van der Waals surface area contributed by atoms with E-state index in [1.165, 1.54) is 12.8 Å². The van der Waals surface area contributed by atoms with Gasteiger partial charge >= 0.3 is 0 Å². The number of anilines is 1. The highest BCUT2D eigenvalue weighted by Gasteiger charge is 2.19. The fourth-order valence-electron chi connectivity index (χ4n) is 2.72. The molecule has 0 spiro atoms. The van der Waals surface area contributed by atoms with Crippen LogP contribution in [-0.4, -0.2) is 18.0 Å². The molecule has 20 heavy (non-hydrogen) atoms. The van der Waals surface area contributed by atoms with Gasteiger partial charge in [-0.3, -0.25) is 10.1 Å². The number of benzene rings is 2. The highest BCUT2D eigenvalue weighted by molar-refractivity contribution is 5.80. The van der Waals surface area contributed by atoms with E-state index in [0.717, 1.165) is 29.9 Å². The van der Waals surface area contributed by atoms with Crippen molar-refractivity contribution in [3.8, 4) is 11.1 Å². The van der Waals surface area contributed by atoms with Gasteiger partial charge in [0.15, 0.2) is 0 Å². The van der Waals surface area contributed by atoms with Crippen LogP contribution in [0.1, 0.15) is 12.8 Å². The minimum absolute atomic E-state index is 0.145. The van der Waals surface area contributed by atoms with Gasteiger partial charge in [-0.15, -0.1) is 0 Å². The first-order chi connectivity index (χ1) is 9.75. The maximum absolute atomic E-state index is 11.0. The number of nitrogens with zero attached hydrogens (tertiary/aromatic N) is 2. The number of rotatable bonds is 3. The molecule has 1 fully saturated rings. The number of nitro groups is 1. The number of nitro benzene ring substituents is 1. The Hall–Kier alpha value is -2.36. The number of hydrogen-bond donors (Lipinski definition) is 0. The Morgan fingerprint density at radius 1 is 1.00 bits per heavy atom. The van der Waals surface area contributed by atoms with Crippen molar-refractivity contribution in [3.63, 3.8) is 0 Å². The summed E-state index contributed by atoms with van der Waals surface area (Å²) in [4.78, 5) is 13.0. The van der Waals surface area contributed by atoms with Crippen LogP contribution in [0, 0.1) is 10.1 Å². The third-order valence-electron chi connectivity index (χ3n) is 3.72. The lowest BCUT2D eigenvalue weighted by molar-refractivity contribution is -0.384. The minimum Gasteiger partial charge on any atom is -0.371 e. The maximum atomic E-state index is 11.0. The molecule has 0 aliphatic carbocycles. The molecule has 0 aromatic heterocycles. The van der Waals surface area contributed by atoms with E-state index in [2.05, 4.69) is 4.90 Å². The van der Waals surface area contributed by atoms with Gasteiger partial charge in [0.25, 0.3) is 5.69 Å². The first-order valence-corrected chi connectivity index (χ1v) is 6.84. The van der Waals surface area contributed by atoms with Gasteiger partial charge in [-0.05, 0) is 24.5 Å². The Kier molecular flexibility index (Phi) is 3.37. The molecule has 0 atom stereocenters. The fourth-order valence-corrected chi connectivity index (χ4v) is 2.72. The largest absolute Gasteiger partial charge is 0.371 e. The molecule has 3 rings (SSSR count). The summed E-state index contributed by atoms with van der Waals surface area (Å²) in [7, 11) is 0. The molecular formula is C16H16N2O2. The molecule has 1 aliphatic rings. The Labute approximate surface area is 117 Å². The predicted octanol–water partition coefficient (Wildman–Crippen LogP) is 3.86. The Morgan fingerprint density at radius 2 is 1.70 bits per heavy atom. The van der Waals surface area contributed by atoms with Crippen LogP contribution in [0.2, 0.25) is 0 Å². The van der Waals surface area contributed by atoms with Gasteiger partial charge in [0, 0.05) is 36.5 Å². The highest BCUT2D eigenvalue weighted by atomic mass is 16.6. The van der Waals surface area contributed by atoms with E-state index in [4.69, 9.17) is 0 Å². The van der Waals surface area contributed by atoms with Crippen LogP contribution < -0.4 is 4.90 Å². The van der Waals surface area contributed by atoms with Crippen LogP contribution in [0.5, 0.6) is 0 Å².